The summed E-state index contributed by atoms with van der Waals surface area (Å²) in [6, 6.07) is 5.02. The van der Waals surface area contributed by atoms with Crippen LogP contribution in [-0.2, 0) is 4.79 Å². The molecular weight excluding hydrogens is 271 g/mol. The maximum atomic E-state index is 12.2. The Bertz CT molecular complexity index is 430. The van der Waals surface area contributed by atoms with Gasteiger partial charge in [-0.3, -0.25) is 4.79 Å². The number of benzene rings is 1. The predicted octanol–water partition coefficient (Wildman–Crippen LogP) is 3.31. The second-order valence-electron chi connectivity index (χ2n) is 4.68. The van der Waals surface area contributed by atoms with Crippen molar-refractivity contribution in [1.82, 2.24) is 0 Å². The zero-order valence-electron chi connectivity index (χ0n) is 9.96. The Morgan fingerprint density at radius 3 is 2.56 bits per heavy atom. The summed E-state index contributed by atoms with van der Waals surface area (Å²) >= 11 is 11.8. The molecule has 3 nitrogen and oxygen atoms in total. The molecule has 0 radical (unpaired) electrons. The van der Waals surface area contributed by atoms with Gasteiger partial charge in [0.15, 0.2) is 0 Å². The lowest BCUT2D eigenvalue weighted by atomic mass is 9.95. The van der Waals surface area contributed by atoms with Crippen LogP contribution in [0.2, 0.25) is 10.0 Å². The van der Waals surface area contributed by atoms with Crippen molar-refractivity contribution in [2.75, 3.05) is 11.9 Å². The van der Waals surface area contributed by atoms with Crippen LogP contribution >= 0.6 is 23.2 Å². The van der Waals surface area contributed by atoms with Crippen LogP contribution in [0.3, 0.4) is 0 Å². The van der Waals surface area contributed by atoms with Gasteiger partial charge in [-0.05, 0) is 43.5 Å². The van der Waals surface area contributed by atoms with Crippen molar-refractivity contribution in [1.29, 1.82) is 0 Å². The molecular formula is C13H16Cl2N2O. The normalized spacial score (nSPS) is 23.1. The van der Waals surface area contributed by atoms with E-state index in [1.165, 1.54) is 0 Å². The molecule has 2 atom stereocenters. The summed E-state index contributed by atoms with van der Waals surface area (Å²) in [6.07, 6.45) is 3.00. The Labute approximate surface area is 117 Å². The minimum absolute atomic E-state index is 0.00718. The first-order valence-corrected chi connectivity index (χ1v) is 6.83. The van der Waals surface area contributed by atoms with E-state index < -0.39 is 0 Å². The van der Waals surface area contributed by atoms with Gasteiger partial charge in [0.2, 0.25) is 5.91 Å². The molecule has 0 aliphatic heterocycles. The second-order valence-corrected chi connectivity index (χ2v) is 5.55. The van der Waals surface area contributed by atoms with E-state index in [0.717, 1.165) is 19.3 Å². The van der Waals surface area contributed by atoms with Gasteiger partial charge >= 0.3 is 0 Å². The number of amides is 1. The highest BCUT2D eigenvalue weighted by Crippen LogP contribution is 2.32. The van der Waals surface area contributed by atoms with Gasteiger partial charge in [-0.1, -0.05) is 29.6 Å². The van der Waals surface area contributed by atoms with Gasteiger partial charge in [0.1, 0.15) is 0 Å². The maximum absolute atomic E-state index is 12.2. The summed E-state index contributed by atoms with van der Waals surface area (Å²) in [5.74, 6) is 0.314. The highest BCUT2D eigenvalue weighted by Gasteiger charge is 2.31. The Hall–Kier alpha value is -0.770. The Kier molecular flexibility index (Phi) is 4.49. The lowest BCUT2D eigenvalue weighted by Gasteiger charge is -2.17. The Morgan fingerprint density at radius 1 is 1.28 bits per heavy atom. The third-order valence-corrected chi connectivity index (χ3v) is 3.87. The van der Waals surface area contributed by atoms with Crippen LogP contribution in [0.1, 0.15) is 19.3 Å². The standard InChI is InChI=1S/C13H16Cl2N2O/c14-9-4-10(15)6-11(5-9)17-13(18)12-3-1-2-8(12)7-16/h4-6,8,12H,1-3,7,16H2,(H,17,18). The van der Waals surface area contributed by atoms with E-state index >= 15 is 0 Å². The first-order valence-electron chi connectivity index (χ1n) is 6.07. The first-order chi connectivity index (χ1) is 8.60. The molecule has 1 aromatic rings. The summed E-state index contributed by atoms with van der Waals surface area (Å²) in [7, 11) is 0. The van der Waals surface area contributed by atoms with Crippen LogP contribution < -0.4 is 11.1 Å². The van der Waals surface area contributed by atoms with Crippen LogP contribution in [-0.4, -0.2) is 12.5 Å². The fraction of sp³-hybridized carbons (Fsp3) is 0.462. The van der Waals surface area contributed by atoms with Gasteiger partial charge in [0.05, 0.1) is 0 Å². The highest BCUT2D eigenvalue weighted by atomic mass is 35.5. The van der Waals surface area contributed by atoms with Gasteiger partial charge in [-0.2, -0.15) is 0 Å². The first kappa shape index (κ1) is 13.7. The zero-order valence-corrected chi connectivity index (χ0v) is 11.5. The van der Waals surface area contributed by atoms with E-state index in [4.69, 9.17) is 28.9 Å². The van der Waals surface area contributed by atoms with E-state index in [1.54, 1.807) is 18.2 Å². The third kappa shape index (κ3) is 3.16. The average Bonchev–Trinajstić information content (AvgIpc) is 2.75. The molecule has 5 heteroatoms. The molecule has 0 heterocycles. The lowest BCUT2D eigenvalue weighted by molar-refractivity contribution is -0.120. The molecule has 0 bridgehead atoms. The number of nitrogens with one attached hydrogen (secondary N) is 1. The molecule has 1 aliphatic carbocycles. The van der Waals surface area contributed by atoms with Crippen molar-refractivity contribution >= 4 is 34.8 Å². The molecule has 98 valence electrons. The second kappa shape index (κ2) is 5.91. The summed E-state index contributed by atoms with van der Waals surface area (Å²) in [4.78, 5) is 12.2. The van der Waals surface area contributed by atoms with Gasteiger partial charge in [0.25, 0.3) is 0 Å². The van der Waals surface area contributed by atoms with Gasteiger partial charge in [-0.25, -0.2) is 0 Å². The molecule has 1 fully saturated rings. The highest BCUT2D eigenvalue weighted by molar-refractivity contribution is 6.35. The number of nitrogens with two attached hydrogens (primary N) is 1. The topological polar surface area (TPSA) is 55.1 Å². The van der Waals surface area contributed by atoms with E-state index in [1.807, 2.05) is 0 Å². The van der Waals surface area contributed by atoms with E-state index in [0.29, 0.717) is 28.2 Å². The molecule has 0 aromatic heterocycles. The molecule has 1 saturated carbocycles. The van der Waals surface area contributed by atoms with Crippen LogP contribution in [0.15, 0.2) is 18.2 Å². The van der Waals surface area contributed by atoms with Crippen molar-refractivity contribution in [3.05, 3.63) is 28.2 Å². The monoisotopic (exact) mass is 286 g/mol. The van der Waals surface area contributed by atoms with Crippen molar-refractivity contribution in [3.8, 4) is 0 Å². The molecule has 1 aliphatic rings. The molecule has 0 saturated heterocycles. The van der Waals surface area contributed by atoms with Crippen LogP contribution in [0.4, 0.5) is 5.69 Å². The zero-order chi connectivity index (χ0) is 13.1. The molecule has 0 spiro atoms. The van der Waals surface area contributed by atoms with E-state index in [-0.39, 0.29) is 11.8 Å². The molecule has 1 amide bonds. The molecule has 3 N–H and O–H groups in total. The number of carbonyl (C=O) groups excluding carboxylic acids is 1. The number of hydrogen-bond acceptors (Lipinski definition) is 2. The smallest absolute Gasteiger partial charge is 0.227 e. The van der Waals surface area contributed by atoms with Crippen molar-refractivity contribution in [2.45, 2.75) is 19.3 Å². The quantitative estimate of drug-likeness (QED) is 0.896. The molecule has 1 aromatic carbocycles. The number of carbonyl (C=O) groups is 1. The van der Waals surface area contributed by atoms with E-state index in [9.17, 15) is 4.79 Å². The maximum Gasteiger partial charge on any atom is 0.227 e. The summed E-state index contributed by atoms with van der Waals surface area (Å²) in [5.41, 5.74) is 6.32. The Balaban J connectivity index is 2.06. The summed E-state index contributed by atoms with van der Waals surface area (Å²) in [5, 5.41) is 3.89. The average molecular weight is 287 g/mol. The molecule has 18 heavy (non-hydrogen) atoms. The van der Waals surface area contributed by atoms with Crippen LogP contribution in [0.25, 0.3) is 0 Å². The molecule has 2 unspecified atom stereocenters. The number of anilines is 1. The Morgan fingerprint density at radius 2 is 1.94 bits per heavy atom. The summed E-state index contributed by atoms with van der Waals surface area (Å²) < 4.78 is 0. The fourth-order valence-corrected chi connectivity index (χ4v) is 3.05. The minimum Gasteiger partial charge on any atom is -0.330 e. The lowest BCUT2D eigenvalue weighted by Crippen LogP contribution is -2.29. The minimum atomic E-state index is 0.00718. The van der Waals surface area contributed by atoms with Crippen LogP contribution in [0.5, 0.6) is 0 Å². The summed E-state index contributed by atoms with van der Waals surface area (Å²) in [6.45, 7) is 0.564. The SMILES string of the molecule is NCC1CCCC1C(=O)Nc1cc(Cl)cc(Cl)c1. The van der Waals surface area contributed by atoms with E-state index in [2.05, 4.69) is 5.32 Å². The third-order valence-electron chi connectivity index (χ3n) is 3.43. The number of rotatable bonds is 3. The van der Waals surface area contributed by atoms with Crippen molar-refractivity contribution in [2.24, 2.45) is 17.6 Å². The van der Waals surface area contributed by atoms with Gasteiger partial charge in [0, 0.05) is 21.7 Å². The van der Waals surface area contributed by atoms with Gasteiger partial charge in [-0.15, -0.1) is 0 Å². The number of hydrogen-bond donors (Lipinski definition) is 2. The predicted molar refractivity (Wildman–Crippen MR) is 75.0 cm³/mol. The van der Waals surface area contributed by atoms with Crippen molar-refractivity contribution in [3.63, 3.8) is 0 Å². The largest absolute Gasteiger partial charge is 0.330 e. The fourth-order valence-electron chi connectivity index (χ4n) is 2.53. The number of halogens is 2. The van der Waals surface area contributed by atoms with Gasteiger partial charge < -0.3 is 11.1 Å². The molecule has 2 rings (SSSR count). The van der Waals surface area contributed by atoms with Crippen molar-refractivity contribution < 1.29 is 4.79 Å². The van der Waals surface area contributed by atoms with Crippen LogP contribution in [0, 0.1) is 11.8 Å².